The number of aliphatic hydroxyl groups excluding tert-OH is 1. The summed E-state index contributed by atoms with van der Waals surface area (Å²) in [6.07, 6.45) is 5.90. The quantitative estimate of drug-likeness (QED) is 0.505. The summed E-state index contributed by atoms with van der Waals surface area (Å²) in [6, 6.07) is 7.03. The third-order valence-corrected chi connectivity index (χ3v) is 4.55. The van der Waals surface area contributed by atoms with E-state index in [2.05, 4.69) is 10.6 Å². The van der Waals surface area contributed by atoms with Crippen molar-refractivity contribution < 1.29 is 13.5 Å². The van der Waals surface area contributed by atoms with Crippen molar-refractivity contribution in [2.24, 2.45) is 0 Å². The summed E-state index contributed by atoms with van der Waals surface area (Å²) in [7, 11) is -3.10. The van der Waals surface area contributed by atoms with Crippen LogP contribution in [-0.4, -0.2) is 46.0 Å². The average Bonchev–Trinajstić information content (AvgIpc) is 2.49. The van der Waals surface area contributed by atoms with Gasteiger partial charge in [0.1, 0.15) is 0 Å². The molecule has 0 spiro atoms. The first kappa shape index (κ1) is 19.1. The van der Waals surface area contributed by atoms with Crippen LogP contribution in [0.15, 0.2) is 29.2 Å². The van der Waals surface area contributed by atoms with Crippen molar-refractivity contribution in [3.8, 4) is 0 Å². The summed E-state index contributed by atoms with van der Waals surface area (Å²) in [5.74, 6) is 0. The maximum absolute atomic E-state index is 11.4. The highest BCUT2D eigenvalue weighted by atomic mass is 32.2. The van der Waals surface area contributed by atoms with Crippen LogP contribution < -0.4 is 10.6 Å². The Hall–Kier alpha value is -0.950. The van der Waals surface area contributed by atoms with Gasteiger partial charge in [-0.15, -0.1) is 0 Å². The zero-order valence-corrected chi connectivity index (χ0v) is 14.2. The maximum Gasteiger partial charge on any atom is 0.175 e. The third-order valence-electron chi connectivity index (χ3n) is 3.43. The number of sulfone groups is 1. The van der Waals surface area contributed by atoms with Gasteiger partial charge in [-0.2, -0.15) is 0 Å². The van der Waals surface area contributed by atoms with Gasteiger partial charge in [0.25, 0.3) is 0 Å². The lowest BCUT2D eigenvalue weighted by molar-refractivity contribution is 0.292. The van der Waals surface area contributed by atoms with E-state index in [1.54, 1.807) is 12.1 Å². The number of aliphatic hydroxyl groups is 1. The third kappa shape index (κ3) is 8.48. The molecular weight excluding hydrogens is 300 g/mol. The van der Waals surface area contributed by atoms with Crippen molar-refractivity contribution in [2.45, 2.75) is 37.1 Å². The van der Waals surface area contributed by atoms with Crippen LogP contribution in [0.3, 0.4) is 0 Å². The van der Waals surface area contributed by atoms with Crippen LogP contribution in [0.2, 0.25) is 0 Å². The Bertz CT molecular complexity index is 501. The van der Waals surface area contributed by atoms with Crippen molar-refractivity contribution in [3.63, 3.8) is 0 Å². The molecule has 5 nitrogen and oxygen atoms in total. The Morgan fingerprint density at radius 1 is 0.909 bits per heavy atom. The SMILES string of the molecule is CS(=O)(=O)c1ccc(CNCCCCCCNCCO)cc1. The molecule has 0 fully saturated rings. The maximum atomic E-state index is 11.4. The first-order valence-electron chi connectivity index (χ1n) is 7.85. The minimum Gasteiger partial charge on any atom is -0.395 e. The van der Waals surface area contributed by atoms with Gasteiger partial charge in [-0.1, -0.05) is 25.0 Å². The molecular formula is C16H28N2O3S. The van der Waals surface area contributed by atoms with Gasteiger partial charge in [0.05, 0.1) is 11.5 Å². The average molecular weight is 328 g/mol. The molecule has 0 radical (unpaired) electrons. The molecule has 0 aliphatic carbocycles. The standard InChI is InChI=1S/C16H28N2O3S/c1-22(20,21)16-8-6-15(7-9-16)14-18-11-5-3-2-4-10-17-12-13-19/h6-9,17-19H,2-5,10-14H2,1H3. The van der Waals surface area contributed by atoms with Gasteiger partial charge < -0.3 is 15.7 Å². The Morgan fingerprint density at radius 3 is 2.05 bits per heavy atom. The summed E-state index contributed by atoms with van der Waals surface area (Å²) in [5.41, 5.74) is 1.10. The van der Waals surface area contributed by atoms with E-state index in [0.29, 0.717) is 11.4 Å². The van der Waals surface area contributed by atoms with Crippen molar-refractivity contribution in [1.82, 2.24) is 10.6 Å². The predicted octanol–water partition coefficient (Wildman–Crippen LogP) is 1.32. The molecule has 0 unspecified atom stereocenters. The summed E-state index contributed by atoms with van der Waals surface area (Å²) >= 11 is 0. The van der Waals surface area contributed by atoms with E-state index in [0.717, 1.165) is 38.0 Å². The Kier molecular flexibility index (Phi) is 9.31. The molecule has 22 heavy (non-hydrogen) atoms. The lowest BCUT2D eigenvalue weighted by Crippen LogP contribution is -2.19. The summed E-state index contributed by atoms with van der Waals surface area (Å²) in [6.45, 7) is 3.59. The minimum absolute atomic E-state index is 0.203. The fourth-order valence-electron chi connectivity index (χ4n) is 2.14. The van der Waals surface area contributed by atoms with Crippen molar-refractivity contribution in [2.75, 3.05) is 32.5 Å². The number of rotatable bonds is 12. The topological polar surface area (TPSA) is 78.4 Å². The molecule has 3 N–H and O–H groups in total. The molecule has 6 heteroatoms. The molecule has 0 saturated carbocycles. The van der Waals surface area contributed by atoms with E-state index in [4.69, 9.17) is 5.11 Å². The first-order chi connectivity index (χ1) is 10.5. The minimum atomic E-state index is -3.10. The van der Waals surface area contributed by atoms with Gasteiger partial charge in [-0.05, 0) is 43.6 Å². The molecule has 0 aliphatic rings. The zero-order chi connectivity index (χ0) is 16.3. The molecule has 0 bridgehead atoms. The van der Waals surface area contributed by atoms with Crippen LogP contribution in [0.25, 0.3) is 0 Å². The van der Waals surface area contributed by atoms with Gasteiger partial charge in [0.2, 0.25) is 0 Å². The van der Waals surface area contributed by atoms with E-state index in [-0.39, 0.29) is 6.61 Å². The molecule has 1 rings (SSSR count). The molecule has 0 amide bonds. The van der Waals surface area contributed by atoms with Crippen LogP contribution >= 0.6 is 0 Å². The van der Waals surface area contributed by atoms with E-state index < -0.39 is 9.84 Å². The Balaban J connectivity index is 2.05. The molecule has 1 aromatic rings. The highest BCUT2D eigenvalue weighted by Gasteiger charge is 2.05. The number of hydrogen-bond acceptors (Lipinski definition) is 5. The van der Waals surface area contributed by atoms with Crippen LogP contribution in [0, 0.1) is 0 Å². The second-order valence-corrected chi connectivity index (χ2v) is 7.50. The van der Waals surface area contributed by atoms with Crippen LogP contribution in [0.1, 0.15) is 31.2 Å². The van der Waals surface area contributed by atoms with Gasteiger partial charge in [0, 0.05) is 19.3 Å². The molecule has 0 aromatic heterocycles. The van der Waals surface area contributed by atoms with Gasteiger partial charge in [-0.25, -0.2) is 8.42 Å². The van der Waals surface area contributed by atoms with Gasteiger partial charge in [-0.3, -0.25) is 0 Å². The van der Waals surface area contributed by atoms with Crippen LogP contribution in [0.4, 0.5) is 0 Å². The van der Waals surface area contributed by atoms with Crippen molar-refractivity contribution in [3.05, 3.63) is 29.8 Å². The largest absolute Gasteiger partial charge is 0.395 e. The first-order valence-corrected chi connectivity index (χ1v) is 9.74. The van der Waals surface area contributed by atoms with Crippen molar-refractivity contribution in [1.29, 1.82) is 0 Å². The van der Waals surface area contributed by atoms with Crippen LogP contribution in [-0.2, 0) is 16.4 Å². The monoisotopic (exact) mass is 328 g/mol. The lowest BCUT2D eigenvalue weighted by atomic mass is 10.2. The molecule has 0 saturated heterocycles. The lowest BCUT2D eigenvalue weighted by Gasteiger charge is -2.06. The smallest absolute Gasteiger partial charge is 0.175 e. The highest BCUT2D eigenvalue weighted by Crippen LogP contribution is 2.10. The van der Waals surface area contributed by atoms with Gasteiger partial charge in [0.15, 0.2) is 9.84 Å². The van der Waals surface area contributed by atoms with Crippen LogP contribution in [0.5, 0.6) is 0 Å². The number of benzene rings is 1. The van der Waals surface area contributed by atoms with Gasteiger partial charge >= 0.3 is 0 Å². The van der Waals surface area contributed by atoms with E-state index in [1.807, 2.05) is 12.1 Å². The highest BCUT2D eigenvalue weighted by molar-refractivity contribution is 7.90. The molecule has 0 atom stereocenters. The number of nitrogens with one attached hydrogen (secondary N) is 2. The molecule has 126 valence electrons. The fourth-order valence-corrected chi connectivity index (χ4v) is 2.78. The van der Waals surface area contributed by atoms with E-state index in [9.17, 15) is 8.42 Å². The normalized spacial score (nSPS) is 11.7. The number of unbranched alkanes of at least 4 members (excludes halogenated alkanes) is 3. The second kappa shape index (κ2) is 10.7. The number of hydrogen-bond donors (Lipinski definition) is 3. The predicted molar refractivity (Wildman–Crippen MR) is 89.7 cm³/mol. The molecule has 0 heterocycles. The second-order valence-electron chi connectivity index (χ2n) is 5.48. The Labute approximate surface area is 134 Å². The van der Waals surface area contributed by atoms with E-state index in [1.165, 1.54) is 19.1 Å². The Morgan fingerprint density at radius 2 is 1.50 bits per heavy atom. The zero-order valence-electron chi connectivity index (χ0n) is 13.3. The summed E-state index contributed by atoms with van der Waals surface area (Å²) < 4.78 is 22.7. The summed E-state index contributed by atoms with van der Waals surface area (Å²) in [4.78, 5) is 0.367. The summed E-state index contributed by atoms with van der Waals surface area (Å²) in [5, 5.41) is 15.2. The molecule has 0 aliphatic heterocycles. The van der Waals surface area contributed by atoms with Crippen molar-refractivity contribution >= 4 is 9.84 Å². The van der Waals surface area contributed by atoms with E-state index >= 15 is 0 Å². The fraction of sp³-hybridized carbons (Fsp3) is 0.625. The molecule has 1 aromatic carbocycles.